The van der Waals surface area contributed by atoms with Gasteiger partial charge in [-0.25, -0.2) is 4.79 Å². The molecule has 0 aromatic carbocycles. The van der Waals surface area contributed by atoms with Crippen LogP contribution in [0.25, 0.3) is 0 Å². The van der Waals surface area contributed by atoms with Crippen LogP contribution in [0.3, 0.4) is 0 Å². The molecule has 4 amide bonds. The van der Waals surface area contributed by atoms with Crippen molar-refractivity contribution in [1.82, 2.24) is 15.5 Å². The number of amides is 4. The van der Waals surface area contributed by atoms with Gasteiger partial charge in [-0.05, 0) is 13.3 Å². The molecule has 1 spiro atoms. The first-order chi connectivity index (χ1) is 7.44. The second-order valence-corrected chi connectivity index (χ2v) is 4.29. The van der Waals surface area contributed by atoms with Crippen LogP contribution in [0.15, 0.2) is 0 Å². The minimum absolute atomic E-state index is 0.199. The van der Waals surface area contributed by atoms with E-state index in [0.29, 0.717) is 13.0 Å². The fraction of sp³-hybridized carbons (Fsp3) is 0.667. The maximum atomic E-state index is 11.6. The Hall–Kier alpha value is -1.63. The maximum absolute atomic E-state index is 11.6. The van der Waals surface area contributed by atoms with E-state index in [2.05, 4.69) is 10.6 Å². The number of urea groups is 1. The van der Waals surface area contributed by atoms with E-state index in [1.165, 1.54) is 4.90 Å². The van der Waals surface area contributed by atoms with Crippen molar-refractivity contribution in [2.75, 3.05) is 13.1 Å². The normalized spacial score (nSPS) is 30.5. The van der Waals surface area contributed by atoms with Crippen LogP contribution in [0.4, 0.5) is 4.79 Å². The Morgan fingerprint density at radius 2 is 2.25 bits per heavy atom. The zero-order valence-corrected chi connectivity index (χ0v) is 8.95. The van der Waals surface area contributed by atoms with Crippen LogP contribution in [0.5, 0.6) is 0 Å². The lowest BCUT2D eigenvalue weighted by Crippen LogP contribution is -2.51. The van der Waals surface area contributed by atoms with Crippen molar-refractivity contribution in [1.29, 1.82) is 0 Å². The summed E-state index contributed by atoms with van der Waals surface area (Å²) in [7, 11) is 0. The Labute approximate surface area is 92.3 Å². The quantitative estimate of drug-likeness (QED) is 0.456. The van der Waals surface area contributed by atoms with Gasteiger partial charge in [0.25, 0.3) is 5.91 Å². The maximum Gasteiger partial charge on any atom is 0.322 e. The van der Waals surface area contributed by atoms with E-state index in [0.717, 1.165) is 0 Å². The summed E-state index contributed by atoms with van der Waals surface area (Å²) < 4.78 is 0. The number of hydrogen-bond acceptors (Lipinski definition) is 4. The van der Waals surface area contributed by atoms with Gasteiger partial charge < -0.3 is 16.0 Å². The first kappa shape index (κ1) is 10.9. The van der Waals surface area contributed by atoms with Crippen molar-refractivity contribution in [3.8, 4) is 0 Å². The summed E-state index contributed by atoms with van der Waals surface area (Å²) in [6.45, 7) is 2.24. The third-order valence-corrected chi connectivity index (χ3v) is 2.98. The summed E-state index contributed by atoms with van der Waals surface area (Å²) in [6.07, 6.45) is 0.434. The first-order valence-electron chi connectivity index (χ1n) is 5.12. The van der Waals surface area contributed by atoms with Gasteiger partial charge in [0, 0.05) is 6.54 Å². The highest BCUT2D eigenvalue weighted by Crippen LogP contribution is 2.24. The summed E-state index contributed by atoms with van der Waals surface area (Å²) >= 11 is 0. The Balaban J connectivity index is 2.11. The van der Waals surface area contributed by atoms with Crippen LogP contribution in [0, 0.1) is 0 Å². The average molecular weight is 226 g/mol. The lowest BCUT2D eigenvalue weighted by atomic mass is 9.99. The largest absolute Gasteiger partial charge is 0.338 e. The summed E-state index contributed by atoms with van der Waals surface area (Å²) in [5.74, 6) is -0.566. The minimum Gasteiger partial charge on any atom is -0.338 e. The smallest absolute Gasteiger partial charge is 0.322 e. The van der Waals surface area contributed by atoms with E-state index >= 15 is 0 Å². The molecule has 0 radical (unpaired) electrons. The Morgan fingerprint density at radius 1 is 1.56 bits per heavy atom. The highest BCUT2D eigenvalue weighted by molar-refractivity contribution is 6.07. The van der Waals surface area contributed by atoms with E-state index in [9.17, 15) is 14.4 Å². The average Bonchev–Trinajstić information content (AvgIpc) is 2.72. The van der Waals surface area contributed by atoms with Crippen LogP contribution in [0.1, 0.15) is 13.3 Å². The molecule has 0 aromatic rings. The first-order valence-corrected chi connectivity index (χ1v) is 5.12. The lowest BCUT2D eigenvalue weighted by Gasteiger charge is -2.22. The van der Waals surface area contributed by atoms with Gasteiger partial charge >= 0.3 is 6.03 Å². The molecule has 0 bridgehead atoms. The second-order valence-electron chi connectivity index (χ2n) is 4.29. The number of carbonyl (C=O) groups excluding carboxylic acids is 3. The van der Waals surface area contributed by atoms with E-state index in [-0.39, 0.29) is 18.4 Å². The molecule has 7 nitrogen and oxygen atoms in total. The number of hydrogen-bond donors (Lipinski definition) is 3. The van der Waals surface area contributed by atoms with E-state index in [4.69, 9.17) is 5.73 Å². The SMILES string of the molecule is C[C@H](N)C(=O)N1CCC2(C1)NC(=O)NC2=O. The van der Waals surface area contributed by atoms with Gasteiger partial charge in [-0.1, -0.05) is 0 Å². The van der Waals surface area contributed by atoms with Crippen LogP contribution in [0.2, 0.25) is 0 Å². The van der Waals surface area contributed by atoms with Gasteiger partial charge in [0.2, 0.25) is 5.91 Å². The second kappa shape index (κ2) is 3.44. The zero-order chi connectivity index (χ0) is 11.9. The van der Waals surface area contributed by atoms with Crippen LogP contribution >= 0.6 is 0 Å². The van der Waals surface area contributed by atoms with Gasteiger partial charge in [-0.3, -0.25) is 14.9 Å². The van der Waals surface area contributed by atoms with Gasteiger partial charge in [-0.2, -0.15) is 0 Å². The summed E-state index contributed by atoms with van der Waals surface area (Å²) in [6, 6.07) is -1.09. The van der Waals surface area contributed by atoms with Crippen molar-refractivity contribution in [2.45, 2.75) is 24.9 Å². The van der Waals surface area contributed by atoms with E-state index in [1.54, 1.807) is 6.92 Å². The highest BCUT2D eigenvalue weighted by Gasteiger charge is 2.51. The molecule has 2 aliphatic rings. The van der Waals surface area contributed by atoms with Crippen LogP contribution in [-0.4, -0.2) is 47.4 Å². The van der Waals surface area contributed by atoms with Gasteiger partial charge in [0.05, 0.1) is 12.6 Å². The molecule has 0 aromatic heterocycles. The minimum atomic E-state index is -0.943. The number of nitrogens with zero attached hydrogens (tertiary/aromatic N) is 1. The monoisotopic (exact) mass is 226 g/mol. The van der Waals surface area contributed by atoms with Gasteiger partial charge in [-0.15, -0.1) is 0 Å². The Morgan fingerprint density at radius 3 is 2.75 bits per heavy atom. The molecule has 2 rings (SSSR count). The van der Waals surface area contributed by atoms with E-state index < -0.39 is 17.6 Å². The number of nitrogens with one attached hydrogen (secondary N) is 2. The van der Waals surface area contributed by atoms with Gasteiger partial charge in [0.15, 0.2) is 0 Å². The van der Waals surface area contributed by atoms with E-state index in [1.807, 2.05) is 0 Å². The Bertz CT molecular complexity index is 368. The molecule has 2 atom stereocenters. The molecule has 2 heterocycles. The van der Waals surface area contributed by atoms with Crippen molar-refractivity contribution in [3.63, 3.8) is 0 Å². The predicted molar refractivity (Wildman–Crippen MR) is 54.3 cm³/mol. The molecule has 16 heavy (non-hydrogen) atoms. The molecule has 0 aliphatic carbocycles. The fourth-order valence-corrected chi connectivity index (χ4v) is 2.10. The molecule has 4 N–H and O–H groups in total. The number of imide groups is 1. The van der Waals surface area contributed by atoms with Crippen molar-refractivity contribution >= 4 is 17.8 Å². The van der Waals surface area contributed by atoms with Gasteiger partial charge in [0.1, 0.15) is 5.54 Å². The standard InChI is InChI=1S/C9H14N4O3/c1-5(10)6(14)13-3-2-9(4-13)7(15)11-8(16)12-9/h5H,2-4,10H2,1H3,(H2,11,12,15,16)/t5-,9?/m0/s1. The zero-order valence-electron chi connectivity index (χ0n) is 8.95. The molecule has 2 saturated heterocycles. The number of nitrogens with two attached hydrogens (primary N) is 1. The number of rotatable bonds is 1. The predicted octanol–water partition coefficient (Wildman–Crippen LogP) is -1.86. The number of likely N-dealkylation sites (tertiary alicyclic amines) is 1. The molecular formula is C9H14N4O3. The Kier molecular flexibility index (Phi) is 2.34. The summed E-state index contributed by atoms with van der Waals surface area (Å²) in [5, 5.41) is 4.75. The lowest BCUT2D eigenvalue weighted by molar-refractivity contribution is -0.131. The number of carbonyl (C=O) groups is 3. The van der Waals surface area contributed by atoms with Crippen molar-refractivity contribution in [3.05, 3.63) is 0 Å². The third kappa shape index (κ3) is 1.53. The molecule has 7 heteroatoms. The van der Waals surface area contributed by atoms with Crippen molar-refractivity contribution in [2.24, 2.45) is 5.73 Å². The van der Waals surface area contributed by atoms with Crippen molar-refractivity contribution < 1.29 is 14.4 Å². The topological polar surface area (TPSA) is 105 Å². The molecule has 88 valence electrons. The molecule has 2 aliphatic heterocycles. The molecule has 0 saturated carbocycles. The molecule has 2 fully saturated rings. The molecular weight excluding hydrogens is 212 g/mol. The third-order valence-electron chi connectivity index (χ3n) is 2.98. The van der Waals surface area contributed by atoms with Crippen LogP contribution in [-0.2, 0) is 9.59 Å². The summed E-state index contributed by atoms with van der Waals surface area (Å²) in [4.78, 5) is 35.8. The fourth-order valence-electron chi connectivity index (χ4n) is 2.10. The summed E-state index contributed by atoms with van der Waals surface area (Å²) in [5.41, 5.74) is 4.54. The highest BCUT2D eigenvalue weighted by atomic mass is 16.2. The van der Waals surface area contributed by atoms with Crippen LogP contribution < -0.4 is 16.4 Å². The molecule has 1 unspecified atom stereocenters.